The first-order valence-corrected chi connectivity index (χ1v) is 7.65. The molecule has 1 nitrogen and oxygen atoms in total. The maximum atomic E-state index is 5.69. The van der Waals surface area contributed by atoms with E-state index >= 15 is 0 Å². The molecule has 1 aromatic carbocycles. The molecular weight excluding hydrogens is 228 g/mol. The van der Waals surface area contributed by atoms with E-state index in [1.165, 1.54) is 43.4 Å². The van der Waals surface area contributed by atoms with E-state index in [1.807, 2.05) is 11.8 Å². The summed E-state index contributed by atoms with van der Waals surface area (Å²) in [5.74, 6) is 0. The number of hydrogen-bond acceptors (Lipinski definition) is 2. The highest BCUT2D eigenvalue weighted by atomic mass is 32.2. The summed E-state index contributed by atoms with van der Waals surface area (Å²) in [7, 11) is 0. The third-order valence-electron chi connectivity index (χ3n) is 3.12. The Kier molecular flexibility index (Phi) is 5.40. The fraction of sp³-hybridized carbons (Fsp3) is 0.600. The molecule has 2 atom stereocenters. The minimum Gasteiger partial charge on any atom is -0.358 e. The molecule has 1 fully saturated rings. The van der Waals surface area contributed by atoms with Crippen molar-refractivity contribution in [1.82, 2.24) is 0 Å². The van der Waals surface area contributed by atoms with Gasteiger partial charge in [0.15, 0.2) is 0 Å². The zero-order chi connectivity index (χ0) is 11.9. The van der Waals surface area contributed by atoms with Crippen LogP contribution in [0.1, 0.15) is 45.4 Å². The summed E-state index contributed by atoms with van der Waals surface area (Å²) in [6.45, 7) is 2.26. The number of epoxide rings is 1. The van der Waals surface area contributed by atoms with Gasteiger partial charge in [0.25, 0.3) is 0 Å². The van der Waals surface area contributed by atoms with Crippen LogP contribution in [-0.4, -0.2) is 11.5 Å². The fourth-order valence-corrected chi connectivity index (χ4v) is 3.09. The summed E-state index contributed by atoms with van der Waals surface area (Å²) in [5, 5.41) is 0. The molecule has 94 valence electrons. The van der Waals surface area contributed by atoms with E-state index < -0.39 is 0 Å². The Hall–Kier alpha value is -0.470. The molecule has 0 saturated carbocycles. The van der Waals surface area contributed by atoms with Crippen molar-refractivity contribution in [3.63, 3.8) is 0 Å². The van der Waals surface area contributed by atoms with Crippen molar-refractivity contribution < 1.29 is 4.74 Å². The number of ether oxygens (including phenoxy) is 1. The fourth-order valence-electron chi connectivity index (χ4n) is 2.02. The third-order valence-corrected chi connectivity index (χ3v) is 4.31. The Labute approximate surface area is 109 Å². The van der Waals surface area contributed by atoms with Gasteiger partial charge in [0.2, 0.25) is 0 Å². The average molecular weight is 250 g/mol. The highest BCUT2D eigenvalue weighted by Crippen LogP contribution is 2.40. The molecule has 0 spiro atoms. The normalized spacial score (nSPS) is 22.6. The number of thioether (sulfide) groups is 1. The van der Waals surface area contributed by atoms with Gasteiger partial charge in [-0.05, 0) is 18.6 Å². The van der Waals surface area contributed by atoms with Gasteiger partial charge in [0.05, 0.1) is 6.10 Å². The molecular formula is C15H22OS. The number of hydrogen-bond donors (Lipinski definition) is 0. The van der Waals surface area contributed by atoms with E-state index in [-0.39, 0.29) is 0 Å². The summed E-state index contributed by atoms with van der Waals surface area (Å²) in [5.41, 5.74) is 0.420. The van der Waals surface area contributed by atoms with Crippen LogP contribution in [0.2, 0.25) is 0 Å². The summed E-state index contributed by atoms with van der Waals surface area (Å²) in [6, 6.07) is 10.5. The largest absolute Gasteiger partial charge is 0.358 e. The van der Waals surface area contributed by atoms with E-state index in [9.17, 15) is 0 Å². The van der Waals surface area contributed by atoms with Crippen molar-refractivity contribution >= 4 is 11.8 Å². The molecule has 0 radical (unpaired) electrons. The van der Waals surface area contributed by atoms with Crippen molar-refractivity contribution in [3.8, 4) is 0 Å². The van der Waals surface area contributed by atoms with E-state index in [4.69, 9.17) is 4.74 Å². The second kappa shape index (κ2) is 7.07. The van der Waals surface area contributed by atoms with Crippen LogP contribution in [0.15, 0.2) is 35.2 Å². The summed E-state index contributed by atoms with van der Waals surface area (Å²) in [6.07, 6.45) is 8.56. The van der Waals surface area contributed by atoms with E-state index in [1.54, 1.807) is 0 Å². The van der Waals surface area contributed by atoms with Crippen LogP contribution in [-0.2, 0) is 4.74 Å². The van der Waals surface area contributed by atoms with Crippen molar-refractivity contribution in [2.75, 3.05) is 0 Å². The molecule has 1 aromatic rings. The Morgan fingerprint density at radius 1 is 1.06 bits per heavy atom. The van der Waals surface area contributed by atoms with E-state index in [2.05, 4.69) is 37.3 Å². The van der Waals surface area contributed by atoms with Crippen LogP contribution >= 0.6 is 11.8 Å². The van der Waals surface area contributed by atoms with Crippen LogP contribution in [0.25, 0.3) is 0 Å². The Balaban J connectivity index is 1.55. The Morgan fingerprint density at radius 2 is 1.82 bits per heavy atom. The van der Waals surface area contributed by atoms with Gasteiger partial charge in [-0.15, -0.1) is 0 Å². The minimum absolute atomic E-state index is 0.420. The second-order valence-corrected chi connectivity index (χ2v) is 5.85. The third kappa shape index (κ3) is 4.72. The lowest BCUT2D eigenvalue weighted by molar-refractivity contribution is 0.381. The van der Waals surface area contributed by atoms with Gasteiger partial charge >= 0.3 is 0 Å². The standard InChI is InChI=1S/C15H22OS/c1-2-3-4-5-9-12-14-15(16-14)17-13-10-7-6-8-11-13/h6-8,10-11,14-15H,2-5,9,12H2,1H3/t14-,15+/m0/s1. The van der Waals surface area contributed by atoms with Gasteiger partial charge in [0.1, 0.15) is 5.44 Å². The molecule has 0 N–H and O–H groups in total. The first-order valence-electron chi connectivity index (χ1n) is 6.77. The lowest BCUT2D eigenvalue weighted by Crippen LogP contribution is -1.90. The smallest absolute Gasteiger partial charge is 0.134 e. The van der Waals surface area contributed by atoms with E-state index in [0.717, 1.165) is 0 Å². The molecule has 1 saturated heterocycles. The lowest BCUT2D eigenvalue weighted by Gasteiger charge is -1.98. The maximum Gasteiger partial charge on any atom is 0.134 e. The van der Waals surface area contributed by atoms with Crippen LogP contribution in [0.4, 0.5) is 0 Å². The summed E-state index contributed by atoms with van der Waals surface area (Å²) >= 11 is 1.86. The Bertz CT molecular complexity index is 312. The van der Waals surface area contributed by atoms with Crippen LogP contribution in [0, 0.1) is 0 Å². The average Bonchev–Trinajstić information content (AvgIpc) is 3.09. The lowest BCUT2D eigenvalue weighted by atomic mass is 10.1. The maximum absolute atomic E-state index is 5.69. The summed E-state index contributed by atoms with van der Waals surface area (Å²) < 4.78 is 5.69. The monoisotopic (exact) mass is 250 g/mol. The highest BCUT2D eigenvalue weighted by Gasteiger charge is 2.38. The van der Waals surface area contributed by atoms with Gasteiger partial charge in [-0.2, -0.15) is 0 Å². The molecule has 1 aliphatic rings. The molecule has 0 bridgehead atoms. The first kappa shape index (κ1) is 13.0. The zero-order valence-electron chi connectivity index (χ0n) is 10.6. The molecule has 17 heavy (non-hydrogen) atoms. The van der Waals surface area contributed by atoms with Crippen molar-refractivity contribution in [2.24, 2.45) is 0 Å². The molecule has 0 unspecified atom stereocenters. The molecule has 0 aliphatic carbocycles. The van der Waals surface area contributed by atoms with Gasteiger partial charge in [-0.1, -0.05) is 69.0 Å². The Morgan fingerprint density at radius 3 is 2.59 bits per heavy atom. The summed E-state index contributed by atoms with van der Waals surface area (Å²) in [4.78, 5) is 1.32. The van der Waals surface area contributed by atoms with Crippen LogP contribution in [0.5, 0.6) is 0 Å². The minimum atomic E-state index is 0.420. The molecule has 1 heterocycles. The second-order valence-electron chi connectivity index (χ2n) is 4.68. The zero-order valence-corrected chi connectivity index (χ0v) is 11.4. The van der Waals surface area contributed by atoms with Gasteiger partial charge < -0.3 is 4.74 Å². The number of benzene rings is 1. The highest BCUT2D eigenvalue weighted by molar-refractivity contribution is 8.00. The van der Waals surface area contributed by atoms with Gasteiger partial charge in [-0.25, -0.2) is 0 Å². The quantitative estimate of drug-likeness (QED) is 0.482. The molecule has 0 aromatic heterocycles. The topological polar surface area (TPSA) is 12.5 Å². The predicted molar refractivity (Wildman–Crippen MR) is 74.3 cm³/mol. The first-order chi connectivity index (χ1) is 8.40. The van der Waals surface area contributed by atoms with Crippen molar-refractivity contribution in [3.05, 3.63) is 30.3 Å². The molecule has 2 heteroatoms. The number of unbranched alkanes of at least 4 members (excludes halogenated alkanes) is 4. The van der Waals surface area contributed by atoms with E-state index in [0.29, 0.717) is 11.5 Å². The SMILES string of the molecule is CCCCCCC[C@@H]1O[C@@H]1Sc1ccccc1. The number of rotatable bonds is 8. The van der Waals surface area contributed by atoms with Crippen molar-refractivity contribution in [1.29, 1.82) is 0 Å². The molecule has 2 rings (SSSR count). The van der Waals surface area contributed by atoms with Gasteiger partial charge in [-0.3, -0.25) is 0 Å². The van der Waals surface area contributed by atoms with Crippen LogP contribution in [0.3, 0.4) is 0 Å². The molecule has 0 amide bonds. The predicted octanol–water partition coefficient (Wildman–Crippen LogP) is 4.86. The molecule has 1 aliphatic heterocycles. The van der Waals surface area contributed by atoms with Crippen molar-refractivity contribution in [2.45, 2.75) is 61.9 Å². The van der Waals surface area contributed by atoms with Gasteiger partial charge in [0, 0.05) is 4.90 Å². The van der Waals surface area contributed by atoms with Crippen LogP contribution < -0.4 is 0 Å².